The number of carbonyl (C=O) groups is 1. The lowest BCUT2D eigenvalue weighted by atomic mass is 10.1. The number of carbonyl (C=O) groups excluding carboxylic acids is 1. The average molecular weight is 443 g/mol. The molecule has 1 fully saturated rings. The predicted octanol–water partition coefficient (Wildman–Crippen LogP) is 3.54. The topological polar surface area (TPSA) is 91.4 Å². The largest absolute Gasteiger partial charge is 0.380 e. The summed E-state index contributed by atoms with van der Waals surface area (Å²) in [6.45, 7) is 3.36. The van der Waals surface area contributed by atoms with Crippen molar-refractivity contribution in [3.8, 4) is 11.3 Å². The molecule has 1 atom stereocenters. The lowest BCUT2D eigenvalue weighted by Crippen LogP contribution is -2.36. The van der Waals surface area contributed by atoms with E-state index in [0.29, 0.717) is 12.4 Å². The molecule has 1 aromatic heterocycles. The number of rotatable bonds is 6. The Kier molecular flexibility index (Phi) is 6.16. The van der Waals surface area contributed by atoms with Crippen molar-refractivity contribution in [2.75, 3.05) is 41.8 Å². The van der Waals surface area contributed by atoms with E-state index in [1.165, 1.54) is 5.69 Å². The van der Waals surface area contributed by atoms with Gasteiger partial charge in [0.2, 0.25) is 11.9 Å². The van der Waals surface area contributed by atoms with E-state index < -0.39 is 0 Å². The van der Waals surface area contributed by atoms with E-state index in [4.69, 9.17) is 4.74 Å². The van der Waals surface area contributed by atoms with E-state index in [-0.39, 0.29) is 11.9 Å². The molecule has 8 nitrogen and oxygen atoms in total. The van der Waals surface area contributed by atoms with E-state index in [2.05, 4.69) is 43.0 Å². The summed E-state index contributed by atoms with van der Waals surface area (Å²) < 4.78 is 5.42. The summed E-state index contributed by atoms with van der Waals surface area (Å²) in [4.78, 5) is 23.6. The number of nitrogens with zero attached hydrogens (tertiary/aromatic N) is 3. The van der Waals surface area contributed by atoms with E-state index >= 15 is 0 Å². The maximum atomic E-state index is 12.2. The molecule has 1 amide bonds. The van der Waals surface area contributed by atoms with Crippen molar-refractivity contribution in [2.45, 2.75) is 12.5 Å². The molecule has 0 radical (unpaired) electrons. The van der Waals surface area contributed by atoms with Gasteiger partial charge in [0, 0.05) is 41.9 Å². The van der Waals surface area contributed by atoms with Crippen LogP contribution in [0.4, 0.5) is 23.0 Å². The van der Waals surface area contributed by atoms with Crippen molar-refractivity contribution in [1.29, 1.82) is 0 Å². The average Bonchev–Trinajstić information content (AvgIpc) is 3.41. The second-order valence-electron chi connectivity index (χ2n) is 7.96. The first kappa shape index (κ1) is 21.0. The highest BCUT2D eigenvalue weighted by Crippen LogP contribution is 2.23. The molecule has 33 heavy (non-hydrogen) atoms. The maximum absolute atomic E-state index is 12.2. The number of benzene rings is 2. The van der Waals surface area contributed by atoms with Crippen molar-refractivity contribution in [2.24, 2.45) is 0 Å². The summed E-state index contributed by atoms with van der Waals surface area (Å²) in [5, 5.41) is 9.25. The second kappa shape index (κ2) is 9.70. The number of nitrogens with one attached hydrogen (secondary N) is 3. The molecule has 1 unspecified atom stereocenters. The highest BCUT2D eigenvalue weighted by molar-refractivity contribution is 5.95. The van der Waals surface area contributed by atoms with Crippen LogP contribution in [0.1, 0.15) is 6.42 Å². The number of hydrogen-bond acceptors (Lipinski definition) is 7. The van der Waals surface area contributed by atoms with Crippen molar-refractivity contribution in [3.05, 3.63) is 73.1 Å². The van der Waals surface area contributed by atoms with Crippen LogP contribution in [0.3, 0.4) is 0 Å². The number of ether oxygens (including phenoxy) is 1. The molecule has 0 saturated carbocycles. The van der Waals surface area contributed by atoms with Crippen molar-refractivity contribution in [3.63, 3.8) is 0 Å². The van der Waals surface area contributed by atoms with Crippen LogP contribution in [0, 0.1) is 0 Å². The van der Waals surface area contributed by atoms with Gasteiger partial charge in [-0.05, 0) is 55.1 Å². The summed E-state index contributed by atoms with van der Waals surface area (Å²) in [6, 6.07) is 17.6. The Morgan fingerprint density at radius 2 is 1.76 bits per heavy atom. The Bertz CT molecular complexity index is 1120. The van der Waals surface area contributed by atoms with Crippen LogP contribution in [-0.4, -0.2) is 48.2 Å². The fourth-order valence-electron chi connectivity index (χ4n) is 3.88. The van der Waals surface area contributed by atoms with Gasteiger partial charge in [0.25, 0.3) is 0 Å². The Morgan fingerprint density at radius 3 is 2.48 bits per heavy atom. The first-order valence-corrected chi connectivity index (χ1v) is 11.1. The number of amides is 1. The zero-order valence-electron chi connectivity index (χ0n) is 18.2. The van der Waals surface area contributed by atoms with E-state index in [9.17, 15) is 4.79 Å². The standard InChI is InChI=1S/C25H26N6O2/c32-24(23-2-1-12-26-23)28-19-5-3-18(4-6-19)22-11-13-27-25(30-22)29-20-7-9-21(10-8-20)31-14-16-33-17-15-31/h1,3-13,23,26H,2,14-17H2,(H,28,32)(H,27,29,30). The first-order valence-electron chi connectivity index (χ1n) is 11.1. The van der Waals surface area contributed by atoms with Gasteiger partial charge in [-0.25, -0.2) is 9.97 Å². The second-order valence-corrected chi connectivity index (χ2v) is 7.96. The first-order chi connectivity index (χ1) is 16.2. The van der Waals surface area contributed by atoms with Gasteiger partial charge in [0.1, 0.15) is 6.04 Å². The SMILES string of the molecule is O=C(Nc1ccc(-c2ccnc(Nc3ccc(N4CCOCC4)cc3)n2)cc1)C1CC=CN1. The number of aromatic nitrogens is 2. The lowest BCUT2D eigenvalue weighted by molar-refractivity contribution is -0.117. The summed E-state index contributed by atoms with van der Waals surface area (Å²) >= 11 is 0. The molecule has 1 saturated heterocycles. The van der Waals surface area contributed by atoms with Gasteiger partial charge >= 0.3 is 0 Å². The zero-order chi connectivity index (χ0) is 22.5. The van der Waals surface area contributed by atoms with Crippen LogP contribution < -0.4 is 20.9 Å². The third-order valence-corrected chi connectivity index (χ3v) is 5.71. The van der Waals surface area contributed by atoms with Gasteiger partial charge in [-0.2, -0.15) is 0 Å². The Labute approximate surface area is 192 Å². The van der Waals surface area contributed by atoms with Gasteiger partial charge in [-0.3, -0.25) is 4.79 Å². The van der Waals surface area contributed by atoms with Crippen LogP contribution in [-0.2, 0) is 9.53 Å². The van der Waals surface area contributed by atoms with Gasteiger partial charge < -0.3 is 25.6 Å². The number of anilines is 4. The molecule has 168 valence electrons. The Balaban J connectivity index is 1.23. The molecule has 3 N–H and O–H groups in total. The van der Waals surface area contributed by atoms with Crippen LogP contribution in [0.15, 0.2) is 73.1 Å². The van der Waals surface area contributed by atoms with Crippen LogP contribution >= 0.6 is 0 Å². The third kappa shape index (κ3) is 5.12. The summed E-state index contributed by atoms with van der Waals surface area (Å²) in [5.41, 5.74) is 4.62. The highest BCUT2D eigenvalue weighted by Gasteiger charge is 2.18. The van der Waals surface area contributed by atoms with Crippen molar-refractivity contribution < 1.29 is 9.53 Å². The van der Waals surface area contributed by atoms with Gasteiger partial charge in [-0.1, -0.05) is 18.2 Å². The normalized spacial score (nSPS) is 17.5. The maximum Gasteiger partial charge on any atom is 0.247 e. The number of morpholine rings is 1. The fourth-order valence-corrected chi connectivity index (χ4v) is 3.88. The molecule has 8 heteroatoms. The Hall–Kier alpha value is -3.91. The lowest BCUT2D eigenvalue weighted by Gasteiger charge is -2.28. The molecule has 0 spiro atoms. The summed E-state index contributed by atoms with van der Waals surface area (Å²) in [5.74, 6) is 0.490. The highest BCUT2D eigenvalue weighted by atomic mass is 16.5. The third-order valence-electron chi connectivity index (χ3n) is 5.71. The molecule has 3 heterocycles. The van der Waals surface area contributed by atoms with E-state index in [1.54, 1.807) is 6.20 Å². The monoisotopic (exact) mass is 442 g/mol. The smallest absolute Gasteiger partial charge is 0.247 e. The Morgan fingerprint density at radius 1 is 1.00 bits per heavy atom. The van der Waals surface area contributed by atoms with Gasteiger partial charge in [0.15, 0.2) is 0 Å². The van der Waals surface area contributed by atoms with E-state index in [0.717, 1.165) is 48.9 Å². The molecular weight excluding hydrogens is 416 g/mol. The van der Waals surface area contributed by atoms with E-state index in [1.807, 2.05) is 54.7 Å². The van der Waals surface area contributed by atoms with Crippen LogP contribution in [0.5, 0.6) is 0 Å². The molecule has 5 rings (SSSR count). The molecule has 2 aliphatic heterocycles. The summed E-state index contributed by atoms with van der Waals surface area (Å²) in [6.07, 6.45) is 6.21. The van der Waals surface area contributed by atoms with Crippen LogP contribution in [0.25, 0.3) is 11.3 Å². The minimum atomic E-state index is -0.205. The molecule has 2 aromatic carbocycles. The number of hydrogen-bond donors (Lipinski definition) is 3. The summed E-state index contributed by atoms with van der Waals surface area (Å²) in [7, 11) is 0. The molecule has 0 aliphatic carbocycles. The molecule has 2 aliphatic rings. The minimum absolute atomic E-state index is 0.0408. The predicted molar refractivity (Wildman–Crippen MR) is 130 cm³/mol. The van der Waals surface area contributed by atoms with Gasteiger partial charge in [0.05, 0.1) is 18.9 Å². The minimum Gasteiger partial charge on any atom is -0.380 e. The molecule has 0 bridgehead atoms. The van der Waals surface area contributed by atoms with Crippen LogP contribution in [0.2, 0.25) is 0 Å². The zero-order valence-corrected chi connectivity index (χ0v) is 18.2. The van der Waals surface area contributed by atoms with Crippen molar-refractivity contribution in [1.82, 2.24) is 15.3 Å². The molecular formula is C25H26N6O2. The fraction of sp³-hybridized carbons (Fsp3) is 0.240. The van der Waals surface area contributed by atoms with Crippen molar-refractivity contribution >= 4 is 28.9 Å². The van der Waals surface area contributed by atoms with Gasteiger partial charge in [-0.15, -0.1) is 0 Å². The molecule has 3 aromatic rings. The quantitative estimate of drug-likeness (QED) is 0.538.